The van der Waals surface area contributed by atoms with Crippen molar-refractivity contribution in [2.24, 2.45) is 11.7 Å². The van der Waals surface area contributed by atoms with Crippen molar-refractivity contribution < 1.29 is 18.3 Å². The first-order chi connectivity index (χ1) is 5.91. The van der Waals surface area contributed by atoms with Gasteiger partial charge in [0.2, 0.25) is 5.92 Å². The molecule has 0 aromatic rings. The van der Waals surface area contributed by atoms with Crippen LogP contribution in [0.3, 0.4) is 0 Å². The highest BCUT2D eigenvalue weighted by Gasteiger charge is 2.45. The van der Waals surface area contributed by atoms with E-state index in [1.54, 1.807) is 0 Å². The number of rotatable bonds is 3. The minimum Gasteiger partial charge on any atom is -0.464 e. The topological polar surface area (TPSA) is 52.3 Å². The highest BCUT2D eigenvalue weighted by atomic mass is 35.5. The second-order valence-corrected chi connectivity index (χ2v) is 3.55. The van der Waals surface area contributed by atoms with Gasteiger partial charge in [0, 0.05) is 18.8 Å². The van der Waals surface area contributed by atoms with Crippen LogP contribution in [0.15, 0.2) is 0 Å². The van der Waals surface area contributed by atoms with Gasteiger partial charge in [-0.3, -0.25) is 4.79 Å². The Hall–Kier alpha value is -0.420. The Balaban J connectivity index is 0.00000169. The molecule has 0 saturated heterocycles. The van der Waals surface area contributed by atoms with Crippen molar-refractivity contribution in [3.63, 3.8) is 0 Å². The van der Waals surface area contributed by atoms with Gasteiger partial charge in [0.25, 0.3) is 0 Å². The number of carbonyl (C=O) groups is 1. The molecule has 1 aliphatic carbocycles. The van der Waals surface area contributed by atoms with E-state index in [0.717, 1.165) is 0 Å². The molecule has 1 saturated carbocycles. The number of nitrogens with two attached hydrogens (primary N) is 1. The normalized spacial score (nSPS) is 21.7. The molecule has 0 aromatic heterocycles. The number of hydrogen-bond donors (Lipinski definition) is 1. The number of carbonyl (C=O) groups excluding carboxylic acids is 1. The molecule has 0 bridgehead atoms. The van der Waals surface area contributed by atoms with Gasteiger partial charge in [0.1, 0.15) is 6.04 Å². The van der Waals surface area contributed by atoms with Crippen molar-refractivity contribution in [1.82, 2.24) is 0 Å². The van der Waals surface area contributed by atoms with E-state index in [0.29, 0.717) is 0 Å². The lowest BCUT2D eigenvalue weighted by molar-refractivity contribution is -0.158. The Morgan fingerprint density at radius 3 is 2.50 bits per heavy atom. The zero-order chi connectivity index (χ0) is 10.1. The maximum Gasteiger partial charge on any atom is 0.322 e. The fraction of sp³-hybridized carbons (Fsp3) is 0.875. The molecule has 84 valence electrons. The third kappa shape index (κ3) is 3.75. The fourth-order valence-electron chi connectivity index (χ4n) is 1.23. The summed E-state index contributed by atoms with van der Waals surface area (Å²) in [6.45, 7) is 1.56. The van der Waals surface area contributed by atoms with Gasteiger partial charge >= 0.3 is 5.97 Å². The van der Waals surface area contributed by atoms with Gasteiger partial charge < -0.3 is 10.5 Å². The van der Waals surface area contributed by atoms with Crippen LogP contribution in [-0.2, 0) is 9.53 Å². The quantitative estimate of drug-likeness (QED) is 0.744. The van der Waals surface area contributed by atoms with E-state index in [9.17, 15) is 13.6 Å². The Labute approximate surface area is 87.4 Å². The van der Waals surface area contributed by atoms with Crippen LogP contribution < -0.4 is 5.73 Å². The molecule has 3 nitrogen and oxygen atoms in total. The van der Waals surface area contributed by atoms with Crippen LogP contribution in [0.5, 0.6) is 0 Å². The van der Waals surface area contributed by atoms with E-state index in [1.165, 1.54) is 6.92 Å². The summed E-state index contributed by atoms with van der Waals surface area (Å²) in [5, 5.41) is 0. The van der Waals surface area contributed by atoms with Crippen LogP contribution in [0.25, 0.3) is 0 Å². The summed E-state index contributed by atoms with van der Waals surface area (Å²) in [4.78, 5) is 10.8. The van der Waals surface area contributed by atoms with Crippen LogP contribution in [-0.4, -0.2) is 24.5 Å². The molecule has 14 heavy (non-hydrogen) atoms. The molecular formula is C8H14ClF2NO2. The third-order valence-electron chi connectivity index (χ3n) is 2.01. The van der Waals surface area contributed by atoms with E-state index in [1.807, 2.05) is 0 Å². The van der Waals surface area contributed by atoms with Crippen molar-refractivity contribution in [3.8, 4) is 0 Å². The molecule has 0 unspecified atom stereocenters. The molecule has 0 spiro atoms. The molecule has 0 amide bonds. The summed E-state index contributed by atoms with van der Waals surface area (Å²) >= 11 is 0. The molecule has 2 N–H and O–H groups in total. The van der Waals surface area contributed by atoms with E-state index in [4.69, 9.17) is 10.5 Å². The van der Waals surface area contributed by atoms with Crippen molar-refractivity contribution in [2.45, 2.75) is 31.7 Å². The van der Waals surface area contributed by atoms with Crippen LogP contribution in [0.1, 0.15) is 19.8 Å². The largest absolute Gasteiger partial charge is 0.464 e. The average molecular weight is 230 g/mol. The van der Waals surface area contributed by atoms with E-state index >= 15 is 0 Å². The SMILES string of the molecule is C[C@H](N)C(=O)OCC1CC(F)(F)C1.Cl. The van der Waals surface area contributed by atoms with E-state index in [-0.39, 0.29) is 37.8 Å². The molecule has 0 aliphatic heterocycles. The van der Waals surface area contributed by atoms with Gasteiger partial charge in [-0.05, 0) is 6.92 Å². The second-order valence-electron chi connectivity index (χ2n) is 3.55. The molecule has 1 atom stereocenters. The van der Waals surface area contributed by atoms with Gasteiger partial charge in [-0.1, -0.05) is 0 Å². The molecule has 6 heteroatoms. The number of esters is 1. The lowest BCUT2D eigenvalue weighted by Gasteiger charge is -2.34. The lowest BCUT2D eigenvalue weighted by atomic mass is 9.82. The van der Waals surface area contributed by atoms with Crippen molar-refractivity contribution >= 4 is 18.4 Å². The smallest absolute Gasteiger partial charge is 0.322 e. The van der Waals surface area contributed by atoms with Crippen molar-refractivity contribution in [2.75, 3.05) is 6.61 Å². The summed E-state index contributed by atoms with van der Waals surface area (Å²) in [6.07, 6.45) is -0.363. The van der Waals surface area contributed by atoms with Crippen molar-refractivity contribution in [3.05, 3.63) is 0 Å². The van der Waals surface area contributed by atoms with Crippen molar-refractivity contribution in [1.29, 1.82) is 0 Å². The van der Waals surface area contributed by atoms with Crippen LogP contribution in [0.2, 0.25) is 0 Å². The van der Waals surface area contributed by atoms with E-state index in [2.05, 4.69) is 0 Å². The minimum absolute atomic E-state index is 0. The summed E-state index contributed by atoms with van der Waals surface area (Å²) in [7, 11) is 0. The summed E-state index contributed by atoms with van der Waals surface area (Å²) in [5.41, 5.74) is 5.21. The summed E-state index contributed by atoms with van der Waals surface area (Å²) in [6, 6.07) is -0.680. The standard InChI is InChI=1S/C8H13F2NO2.ClH/c1-5(11)7(12)13-4-6-2-8(9,10)3-6;/h5-6H,2-4,11H2,1H3;1H/t5-;/m0./s1. The average Bonchev–Trinajstić information content (AvgIpc) is 1.95. The minimum atomic E-state index is -2.55. The molecule has 1 fully saturated rings. The number of hydrogen-bond acceptors (Lipinski definition) is 3. The molecule has 0 aromatic carbocycles. The molecular weight excluding hydrogens is 216 g/mol. The van der Waals surface area contributed by atoms with Gasteiger partial charge in [0.05, 0.1) is 6.61 Å². The maximum atomic E-state index is 12.3. The summed E-state index contributed by atoms with van der Waals surface area (Å²) in [5.74, 6) is -3.28. The fourth-order valence-corrected chi connectivity index (χ4v) is 1.23. The Morgan fingerprint density at radius 1 is 1.64 bits per heavy atom. The Morgan fingerprint density at radius 2 is 2.14 bits per heavy atom. The Bertz CT molecular complexity index is 204. The predicted octanol–water partition coefficient (Wildman–Crippen LogP) is 1.34. The van der Waals surface area contributed by atoms with Crippen LogP contribution in [0.4, 0.5) is 8.78 Å². The van der Waals surface area contributed by atoms with Crippen LogP contribution in [0, 0.1) is 5.92 Å². The lowest BCUT2D eigenvalue weighted by Crippen LogP contribution is -2.39. The summed E-state index contributed by atoms with van der Waals surface area (Å²) < 4.78 is 29.3. The Kier molecular flexibility index (Phi) is 4.74. The van der Waals surface area contributed by atoms with Gasteiger partial charge in [-0.2, -0.15) is 0 Å². The van der Waals surface area contributed by atoms with E-state index < -0.39 is 17.9 Å². The number of alkyl halides is 2. The number of ether oxygens (including phenoxy) is 1. The highest BCUT2D eigenvalue weighted by molar-refractivity contribution is 5.85. The second kappa shape index (κ2) is 4.89. The first kappa shape index (κ1) is 13.6. The monoisotopic (exact) mass is 229 g/mol. The molecule has 1 rings (SSSR count). The molecule has 1 aliphatic rings. The number of halogens is 3. The molecule has 0 radical (unpaired) electrons. The molecule has 0 heterocycles. The maximum absolute atomic E-state index is 12.3. The predicted molar refractivity (Wildman–Crippen MR) is 49.5 cm³/mol. The first-order valence-electron chi connectivity index (χ1n) is 4.21. The zero-order valence-corrected chi connectivity index (χ0v) is 8.65. The third-order valence-corrected chi connectivity index (χ3v) is 2.01. The zero-order valence-electron chi connectivity index (χ0n) is 7.83. The van der Waals surface area contributed by atoms with Crippen LogP contribution >= 0.6 is 12.4 Å². The van der Waals surface area contributed by atoms with Gasteiger partial charge in [-0.25, -0.2) is 8.78 Å². The van der Waals surface area contributed by atoms with Gasteiger partial charge in [0.15, 0.2) is 0 Å². The first-order valence-corrected chi connectivity index (χ1v) is 4.21. The highest BCUT2D eigenvalue weighted by Crippen LogP contribution is 2.42. The van der Waals surface area contributed by atoms with Gasteiger partial charge in [-0.15, -0.1) is 12.4 Å².